The van der Waals surface area contributed by atoms with Gasteiger partial charge < -0.3 is 9.47 Å². The standard InChI is InChI=1S/C16H20F2O7S/c1-4-15(2,3)12-7-5-11(6-8-12)13(19)24-9-10-25-14(20)16(17,18)26(21,22)23/h5-8H,4,9-10H2,1-3H3,(H,21,22,23). The molecule has 0 aromatic heterocycles. The Morgan fingerprint density at radius 3 is 2.04 bits per heavy atom. The quantitative estimate of drug-likeness (QED) is 0.410. The van der Waals surface area contributed by atoms with Crippen molar-refractivity contribution in [2.24, 2.45) is 0 Å². The summed E-state index contributed by atoms with van der Waals surface area (Å²) in [5, 5.41) is -5.08. The zero-order chi connectivity index (χ0) is 20.2. The van der Waals surface area contributed by atoms with Gasteiger partial charge in [0.25, 0.3) is 0 Å². The lowest BCUT2D eigenvalue weighted by molar-refractivity contribution is -0.162. The van der Waals surface area contributed by atoms with E-state index in [0.717, 1.165) is 12.0 Å². The van der Waals surface area contributed by atoms with E-state index in [-0.39, 0.29) is 11.0 Å². The fourth-order valence-corrected chi connectivity index (χ4v) is 2.07. The topological polar surface area (TPSA) is 107 Å². The largest absolute Gasteiger partial charge is 0.465 e. The first-order chi connectivity index (χ1) is 11.8. The maximum atomic E-state index is 12.9. The molecule has 0 aliphatic rings. The summed E-state index contributed by atoms with van der Waals surface area (Å²) < 4.78 is 63.5. The average Bonchev–Trinajstić information content (AvgIpc) is 2.57. The Kier molecular flexibility index (Phi) is 6.83. The van der Waals surface area contributed by atoms with Crippen LogP contribution in [0.4, 0.5) is 8.78 Å². The molecule has 0 aliphatic heterocycles. The zero-order valence-electron chi connectivity index (χ0n) is 14.5. The highest BCUT2D eigenvalue weighted by Crippen LogP contribution is 2.26. The summed E-state index contributed by atoms with van der Waals surface area (Å²) in [4.78, 5) is 22.8. The molecule has 1 aromatic carbocycles. The van der Waals surface area contributed by atoms with Gasteiger partial charge in [0.1, 0.15) is 13.2 Å². The van der Waals surface area contributed by atoms with Gasteiger partial charge in [0.05, 0.1) is 5.56 Å². The van der Waals surface area contributed by atoms with E-state index in [1.807, 2.05) is 6.92 Å². The maximum absolute atomic E-state index is 12.9. The fourth-order valence-electron chi connectivity index (χ4n) is 1.80. The number of rotatable bonds is 8. The van der Waals surface area contributed by atoms with E-state index in [2.05, 4.69) is 18.6 Å². The molecule has 0 fully saturated rings. The van der Waals surface area contributed by atoms with E-state index in [1.54, 1.807) is 24.3 Å². The number of alkyl halides is 2. The highest BCUT2D eigenvalue weighted by atomic mass is 32.2. The third kappa shape index (κ3) is 5.21. The Morgan fingerprint density at radius 2 is 1.58 bits per heavy atom. The van der Waals surface area contributed by atoms with Crippen molar-refractivity contribution in [3.63, 3.8) is 0 Å². The van der Waals surface area contributed by atoms with Crippen molar-refractivity contribution < 1.29 is 40.8 Å². The number of esters is 2. The smallest absolute Gasteiger partial charge is 0.458 e. The minimum absolute atomic E-state index is 0.0606. The van der Waals surface area contributed by atoms with Gasteiger partial charge >= 0.3 is 27.3 Å². The normalized spacial score (nSPS) is 12.5. The number of hydrogen-bond donors (Lipinski definition) is 1. The molecule has 0 radical (unpaired) electrons. The third-order valence-electron chi connectivity index (χ3n) is 3.90. The molecule has 0 bridgehead atoms. The highest BCUT2D eigenvalue weighted by Gasteiger charge is 2.54. The maximum Gasteiger partial charge on any atom is 0.465 e. The Morgan fingerprint density at radius 1 is 1.08 bits per heavy atom. The van der Waals surface area contributed by atoms with Crippen LogP contribution in [0.1, 0.15) is 43.1 Å². The molecule has 0 spiro atoms. The summed E-state index contributed by atoms with van der Waals surface area (Å²) in [5.74, 6) is -3.22. The van der Waals surface area contributed by atoms with Crippen molar-refractivity contribution in [3.05, 3.63) is 35.4 Å². The van der Waals surface area contributed by atoms with Gasteiger partial charge in [-0.05, 0) is 29.5 Å². The van der Waals surface area contributed by atoms with Crippen LogP contribution in [0.15, 0.2) is 24.3 Å². The molecule has 1 aromatic rings. The van der Waals surface area contributed by atoms with Crippen molar-refractivity contribution in [1.82, 2.24) is 0 Å². The van der Waals surface area contributed by atoms with E-state index in [0.29, 0.717) is 0 Å². The van der Waals surface area contributed by atoms with Crippen LogP contribution in [-0.4, -0.2) is 43.4 Å². The number of halogens is 2. The van der Waals surface area contributed by atoms with Gasteiger partial charge in [-0.1, -0.05) is 32.9 Å². The van der Waals surface area contributed by atoms with Crippen molar-refractivity contribution in [1.29, 1.82) is 0 Å². The number of carbonyl (C=O) groups is 2. The second-order valence-corrected chi connectivity index (χ2v) is 7.54. The molecule has 0 saturated heterocycles. The average molecular weight is 394 g/mol. The first-order valence-corrected chi connectivity index (χ1v) is 9.06. The van der Waals surface area contributed by atoms with E-state index < -0.39 is 40.5 Å². The predicted octanol–water partition coefficient (Wildman–Crippen LogP) is 2.55. The molecule has 0 amide bonds. The van der Waals surface area contributed by atoms with Gasteiger partial charge in [-0.3, -0.25) is 4.55 Å². The summed E-state index contributed by atoms with van der Waals surface area (Å²) in [7, 11) is -5.93. The summed E-state index contributed by atoms with van der Waals surface area (Å²) in [6.07, 6.45) is 0.899. The van der Waals surface area contributed by atoms with Crippen LogP contribution in [0.3, 0.4) is 0 Å². The lowest BCUT2D eigenvalue weighted by Crippen LogP contribution is -2.39. The lowest BCUT2D eigenvalue weighted by atomic mass is 9.82. The first kappa shape index (κ1) is 22.0. The molecule has 0 saturated carbocycles. The zero-order valence-corrected chi connectivity index (χ0v) is 15.3. The van der Waals surface area contributed by atoms with Gasteiger partial charge in [0.15, 0.2) is 0 Å². The molecular formula is C16H20F2O7S. The van der Waals surface area contributed by atoms with Crippen LogP contribution < -0.4 is 0 Å². The Balaban J connectivity index is 2.54. The molecule has 10 heteroatoms. The Bertz CT molecular complexity index is 755. The van der Waals surface area contributed by atoms with E-state index in [1.165, 1.54) is 0 Å². The summed E-state index contributed by atoms with van der Waals surface area (Å²) in [6, 6.07) is 6.64. The third-order valence-corrected chi connectivity index (χ3v) is 4.71. The molecule has 146 valence electrons. The fraction of sp³-hybridized carbons (Fsp3) is 0.500. The van der Waals surface area contributed by atoms with Gasteiger partial charge in [-0.25, -0.2) is 9.59 Å². The van der Waals surface area contributed by atoms with E-state index in [9.17, 15) is 26.8 Å². The molecule has 7 nitrogen and oxygen atoms in total. The second-order valence-electron chi connectivity index (χ2n) is 6.08. The molecule has 0 unspecified atom stereocenters. The highest BCUT2D eigenvalue weighted by molar-refractivity contribution is 7.87. The number of ether oxygens (including phenoxy) is 2. The minimum Gasteiger partial charge on any atom is -0.458 e. The SMILES string of the molecule is CCC(C)(C)c1ccc(C(=O)OCCOC(=O)C(F)(F)S(=O)(=O)O)cc1. The monoisotopic (exact) mass is 394 g/mol. The van der Waals surface area contributed by atoms with Crippen molar-refractivity contribution in [3.8, 4) is 0 Å². The molecule has 0 atom stereocenters. The van der Waals surface area contributed by atoms with Crippen LogP contribution in [0, 0.1) is 0 Å². The van der Waals surface area contributed by atoms with Crippen molar-refractivity contribution >= 4 is 22.1 Å². The van der Waals surface area contributed by atoms with Gasteiger partial charge in [-0.15, -0.1) is 0 Å². The van der Waals surface area contributed by atoms with E-state index in [4.69, 9.17) is 9.29 Å². The van der Waals surface area contributed by atoms with Crippen molar-refractivity contribution in [2.75, 3.05) is 13.2 Å². The van der Waals surface area contributed by atoms with Gasteiger partial charge in [0.2, 0.25) is 0 Å². The van der Waals surface area contributed by atoms with Crippen molar-refractivity contribution in [2.45, 2.75) is 37.9 Å². The molecule has 0 aliphatic carbocycles. The lowest BCUT2D eigenvalue weighted by Gasteiger charge is -2.23. The summed E-state index contributed by atoms with van der Waals surface area (Å²) in [5.41, 5.74) is 1.18. The van der Waals surface area contributed by atoms with Crippen LogP contribution in [0.2, 0.25) is 0 Å². The molecule has 0 heterocycles. The Labute approximate surface area is 150 Å². The van der Waals surface area contributed by atoms with Crippen LogP contribution in [-0.2, 0) is 29.8 Å². The summed E-state index contributed by atoms with van der Waals surface area (Å²) >= 11 is 0. The predicted molar refractivity (Wildman–Crippen MR) is 87.5 cm³/mol. The van der Waals surface area contributed by atoms with Crippen LogP contribution in [0.25, 0.3) is 0 Å². The molecular weight excluding hydrogens is 374 g/mol. The second kappa shape index (κ2) is 8.09. The molecule has 1 N–H and O–H groups in total. The summed E-state index contributed by atoms with van der Waals surface area (Å²) in [6.45, 7) is 4.79. The Hall–Kier alpha value is -2.07. The number of benzene rings is 1. The van der Waals surface area contributed by atoms with Gasteiger partial charge in [0, 0.05) is 0 Å². The van der Waals surface area contributed by atoms with Crippen LogP contribution in [0.5, 0.6) is 0 Å². The van der Waals surface area contributed by atoms with E-state index >= 15 is 0 Å². The minimum atomic E-state index is -5.93. The molecule has 26 heavy (non-hydrogen) atoms. The number of carbonyl (C=O) groups excluding carboxylic acids is 2. The first-order valence-electron chi connectivity index (χ1n) is 7.62. The van der Waals surface area contributed by atoms with Gasteiger partial charge in [-0.2, -0.15) is 17.2 Å². The number of hydrogen-bond acceptors (Lipinski definition) is 6. The molecule has 1 rings (SSSR count). The van der Waals surface area contributed by atoms with Crippen LogP contribution >= 0.6 is 0 Å².